The number of rotatable bonds is 5. The molecule has 0 spiro atoms. The summed E-state index contributed by atoms with van der Waals surface area (Å²) in [7, 11) is 0. The fraction of sp³-hybridized carbons (Fsp3) is 0.538. The Morgan fingerprint density at radius 3 is 2.80 bits per heavy atom. The van der Waals surface area contributed by atoms with Crippen molar-refractivity contribution in [1.29, 1.82) is 0 Å². The molecule has 4 nitrogen and oxygen atoms in total. The number of fused-ring (bicyclic) bond motifs is 1. The van der Waals surface area contributed by atoms with Gasteiger partial charge in [0.25, 0.3) is 11.1 Å². The highest BCUT2D eigenvalue weighted by Crippen LogP contribution is 2.36. The lowest BCUT2D eigenvalue weighted by atomic mass is 9.86. The molecule has 0 aliphatic heterocycles. The molecule has 0 aromatic carbocycles. The standard InChI is InChI=1S/C13H14ClFN2O2S/c1-2-18-13-16-10-8(14)9(15)11(17-12(10)20-13)19-6-7-4-3-5-7/h7H,2-6H2,1H3. The maximum Gasteiger partial charge on any atom is 0.275 e. The third-order valence-corrected chi connectivity index (χ3v) is 4.54. The molecule has 7 heteroatoms. The van der Waals surface area contributed by atoms with Crippen LogP contribution in [0.4, 0.5) is 4.39 Å². The molecule has 2 aromatic heterocycles. The predicted octanol–water partition coefficient (Wildman–Crippen LogP) is 4.06. The summed E-state index contributed by atoms with van der Waals surface area (Å²) in [6.07, 6.45) is 3.48. The van der Waals surface area contributed by atoms with Gasteiger partial charge in [0.1, 0.15) is 10.5 Å². The van der Waals surface area contributed by atoms with Crippen LogP contribution in [0, 0.1) is 11.7 Å². The number of aromatic nitrogens is 2. The van der Waals surface area contributed by atoms with Crippen LogP contribution < -0.4 is 9.47 Å². The zero-order valence-electron chi connectivity index (χ0n) is 11.0. The molecule has 0 atom stereocenters. The Hall–Kier alpha value is -1.14. The van der Waals surface area contributed by atoms with E-state index < -0.39 is 5.82 Å². The highest BCUT2D eigenvalue weighted by atomic mass is 35.5. The van der Waals surface area contributed by atoms with Crippen LogP contribution in [0.1, 0.15) is 26.2 Å². The molecule has 1 fully saturated rings. The van der Waals surface area contributed by atoms with Crippen LogP contribution in [-0.4, -0.2) is 23.2 Å². The van der Waals surface area contributed by atoms with E-state index in [4.69, 9.17) is 21.1 Å². The van der Waals surface area contributed by atoms with E-state index in [0.717, 1.165) is 12.8 Å². The molecule has 2 aromatic rings. The second kappa shape index (κ2) is 5.69. The molecule has 0 saturated heterocycles. The maximum absolute atomic E-state index is 14.1. The van der Waals surface area contributed by atoms with Crippen LogP contribution in [-0.2, 0) is 0 Å². The van der Waals surface area contributed by atoms with Crippen molar-refractivity contribution in [3.63, 3.8) is 0 Å². The highest BCUT2D eigenvalue weighted by molar-refractivity contribution is 7.19. The number of thiazole rings is 1. The average Bonchev–Trinajstić information content (AvgIpc) is 2.77. The van der Waals surface area contributed by atoms with Gasteiger partial charge in [0.05, 0.1) is 13.2 Å². The van der Waals surface area contributed by atoms with Crippen molar-refractivity contribution in [2.75, 3.05) is 13.2 Å². The minimum atomic E-state index is -0.646. The Bertz CT molecular complexity index is 630. The molecule has 0 unspecified atom stereocenters. The third kappa shape index (κ3) is 2.54. The van der Waals surface area contributed by atoms with Gasteiger partial charge in [-0.2, -0.15) is 14.4 Å². The second-order valence-corrected chi connectivity index (χ2v) is 6.04. The van der Waals surface area contributed by atoms with E-state index in [1.165, 1.54) is 17.8 Å². The molecule has 0 amide bonds. The molecule has 20 heavy (non-hydrogen) atoms. The minimum absolute atomic E-state index is 0.0406. The summed E-state index contributed by atoms with van der Waals surface area (Å²) in [5.41, 5.74) is 0.327. The van der Waals surface area contributed by atoms with Gasteiger partial charge in [-0.1, -0.05) is 29.4 Å². The first-order chi connectivity index (χ1) is 9.69. The Kier molecular flexibility index (Phi) is 3.94. The fourth-order valence-corrected chi connectivity index (χ4v) is 3.11. The lowest BCUT2D eigenvalue weighted by molar-refractivity contribution is 0.170. The van der Waals surface area contributed by atoms with E-state index >= 15 is 0 Å². The number of hydrogen-bond donors (Lipinski definition) is 0. The molecule has 0 radical (unpaired) electrons. The van der Waals surface area contributed by atoms with Crippen LogP contribution in [0.3, 0.4) is 0 Å². The molecular formula is C13H14ClFN2O2S. The van der Waals surface area contributed by atoms with Crippen molar-refractivity contribution < 1.29 is 13.9 Å². The van der Waals surface area contributed by atoms with Crippen molar-refractivity contribution in [3.8, 4) is 11.1 Å². The van der Waals surface area contributed by atoms with E-state index in [-0.39, 0.29) is 10.9 Å². The minimum Gasteiger partial charge on any atom is -0.475 e. The van der Waals surface area contributed by atoms with E-state index in [9.17, 15) is 4.39 Å². The topological polar surface area (TPSA) is 44.2 Å². The Morgan fingerprint density at radius 1 is 1.35 bits per heavy atom. The van der Waals surface area contributed by atoms with E-state index in [1.807, 2.05) is 6.92 Å². The van der Waals surface area contributed by atoms with Gasteiger partial charge in [0.15, 0.2) is 4.83 Å². The molecule has 0 bridgehead atoms. The first-order valence-corrected chi connectivity index (χ1v) is 7.79. The molecule has 0 N–H and O–H groups in total. The monoisotopic (exact) mass is 316 g/mol. The van der Waals surface area contributed by atoms with Gasteiger partial charge in [-0.25, -0.2) is 0 Å². The molecule has 1 aliphatic carbocycles. The number of ether oxygens (including phenoxy) is 2. The van der Waals surface area contributed by atoms with Gasteiger partial charge in [-0.15, -0.1) is 0 Å². The first kappa shape index (κ1) is 13.8. The number of nitrogens with zero attached hydrogens (tertiary/aromatic N) is 2. The van der Waals surface area contributed by atoms with Crippen LogP contribution in [0.2, 0.25) is 5.02 Å². The van der Waals surface area contributed by atoms with Crippen LogP contribution in [0.25, 0.3) is 10.3 Å². The zero-order valence-corrected chi connectivity index (χ0v) is 12.6. The zero-order chi connectivity index (χ0) is 14.1. The van der Waals surface area contributed by atoms with Gasteiger partial charge in [-0.05, 0) is 25.7 Å². The number of hydrogen-bond acceptors (Lipinski definition) is 5. The predicted molar refractivity (Wildman–Crippen MR) is 76.4 cm³/mol. The molecule has 1 aliphatic rings. The molecule has 1 saturated carbocycles. The molecule has 2 heterocycles. The lowest BCUT2D eigenvalue weighted by Gasteiger charge is -2.24. The summed E-state index contributed by atoms with van der Waals surface area (Å²) < 4.78 is 24.9. The number of halogens is 2. The van der Waals surface area contributed by atoms with E-state index in [2.05, 4.69) is 9.97 Å². The van der Waals surface area contributed by atoms with Crippen molar-refractivity contribution in [3.05, 3.63) is 10.8 Å². The lowest BCUT2D eigenvalue weighted by Crippen LogP contribution is -2.20. The van der Waals surface area contributed by atoms with Crippen molar-refractivity contribution in [2.24, 2.45) is 5.92 Å². The van der Waals surface area contributed by atoms with Gasteiger partial charge < -0.3 is 9.47 Å². The van der Waals surface area contributed by atoms with Gasteiger partial charge in [0.2, 0.25) is 5.82 Å². The third-order valence-electron chi connectivity index (χ3n) is 3.33. The van der Waals surface area contributed by atoms with Gasteiger partial charge in [-0.3, -0.25) is 0 Å². The van der Waals surface area contributed by atoms with Crippen LogP contribution in [0.5, 0.6) is 11.1 Å². The van der Waals surface area contributed by atoms with Crippen molar-refractivity contribution in [1.82, 2.24) is 9.97 Å². The maximum atomic E-state index is 14.1. The van der Waals surface area contributed by atoms with Gasteiger partial charge in [0, 0.05) is 0 Å². The summed E-state index contributed by atoms with van der Waals surface area (Å²) in [5, 5.41) is 0.383. The fourth-order valence-electron chi connectivity index (χ4n) is 1.99. The first-order valence-electron chi connectivity index (χ1n) is 6.60. The SMILES string of the molecule is CCOc1nc2c(Cl)c(F)c(OCC3CCC3)nc2s1. The van der Waals surface area contributed by atoms with Crippen LogP contribution >= 0.6 is 22.9 Å². The van der Waals surface area contributed by atoms with E-state index in [0.29, 0.717) is 34.7 Å². The smallest absolute Gasteiger partial charge is 0.275 e. The second-order valence-electron chi connectivity index (χ2n) is 4.72. The Balaban J connectivity index is 1.89. The summed E-state index contributed by atoms with van der Waals surface area (Å²) >= 11 is 7.24. The van der Waals surface area contributed by atoms with E-state index in [1.54, 1.807) is 0 Å². The highest BCUT2D eigenvalue weighted by Gasteiger charge is 2.22. The summed E-state index contributed by atoms with van der Waals surface area (Å²) in [6, 6.07) is 0. The molecule has 108 valence electrons. The largest absolute Gasteiger partial charge is 0.475 e. The molecule has 3 rings (SSSR count). The van der Waals surface area contributed by atoms with Gasteiger partial charge >= 0.3 is 0 Å². The number of pyridine rings is 1. The average molecular weight is 317 g/mol. The Morgan fingerprint density at radius 2 is 2.15 bits per heavy atom. The normalized spacial score (nSPS) is 15.3. The summed E-state index contributed by atoms with van der Waals surface area (Å²) in [6.45, 7) is 2.84. The quantitative estimate of drug-likeness (QED) is 0.834. The van der Waals surface area contributed by atoms with Crippen LogP contribution in [0.15, 0.2) is 0 Å². The Labute approximate surface area is 124 Å². The van der Waals surface area contributed by atoms with Crippen molar-refractivity contribution in [2.45, 2.75) is 26.2 Å². The summed E-state index contributed by atoms with van der Waals surface area (Å²) in [4.78, 5) is 8.83. The van der Waals surface area contributed by atoms with Crippen molar-refractivity contribution >= 4 is 33.3 Å². The molecular weight excluding hydrogens is 303 g/mol. The summed E-state index contributed by atoms with van der Waals surface area (Å²) in [5.74, 6) is -0.181.